The van der Waals surface area contributed by atoms with Gasteiger partial charge < -0.3 is 5.32 Å². The second-order valence-corrected chi connectivity index (χ2v) is 6.66. The van der Waals surface area contributed by atoms with Crippen molar-refractivity contribution in [1.29, 1.82) is 0 Å². The molecule has 0 fully saturated rings. The summed E-state index contributed by atoms with van der Waals surface area (Å²) < 4.78 is 0. The summed E-state index contributed by atoms with van der Waals surface area (Å²) in [5, 5.41) is 2.95. The molecule has 0 saturated carbocycles. The predicted molar refractivity (Wildman–Crippen MR) is 88.4 cm³/mol. The van der Waals surface area contributed by atoms with Crippen LogP contribution in [0.15, 0.2) is 18.2 Å². The molecule has 1 aliphatic rings. The maximum Gasteiger partial charge on any atom is 0.224 e. The van der Waals surface area contributed by atoms with Crippen LogP contribution < -0.4 is 5.32 Å². The van der Waals surface area contributed by atoms with Crippen LogP contribution in [0, 0.1) is 5.92 Å². The number of carbonyl (C=O) groups excluding carboxylic acids is 1. The third kappa shape index (κ3) is 3.63. The molecule has 1 aromatic rings. The zero-order valence-corrected chi connectivity index (χ0v) is 14.0. The second-order valence-electron chi connectivity index (χ2n) is 5.68. The number of unbranched alkanes of at least 4 members (excludes halogenated alkanes) is 1. The third-order valence-electron chi connectivity index (χ3n) is 4.21. The number of rotatable bonds is 6. The maximum atomic E-state index is 11.4. The molecule has 2 unspecified atom stereocenters. The van der Waals surface area contributed by atoms with Crippen molar-refractivity contribution in [2.45, 2.75) is 57.2 Å². The minimum atomic E-state index is 0.134. The smallest absolute Gasteiger partial charge is 0.224 e. The van der Waals surface area contributed by atoms with E-state index in [1.165, 1.54) is 36.8 Å². The Hall–Kier alpha value is -0.830. The van der Waals surface area contributed by atoms with E-state index in [9.17, 15) is 4.79 Å². The van der Waals surface area contributed by atoms with Gasteiger partial charge in [0.2, 0.25) is 5.91 Å². The summed E-state index contributed by atoms with van der Waals surface area (Å²) in [6.45, 7) is 4.52. The van der Waals surface area contributed by atoms with Crippen molar-refractivity contribution in [1.82, 2.24) is 0 Å². The Morgan fingerprint density at radius 3 is 2.80 bits per heavy atom. The summed E-state index contributed by atoms with van der Waals surface area (Å²) in [7, 11) is 0. The van der Waals surface area contributed by atoms with Crippen molar-refractivity contribution in [3.63, 3.8) is 0 Å². The minimum Gasteiger partial charge on any atom is -0.326 e. The number of benzene rings is 1. The molecule has 1 aromatic carbocycles. The van der Waals surface area contributed by atoms with Gasteiger partial charge in [0.1, 0.15) is 0 Å². The molecular weight excluding hydrogens is 314 g/mol. The molecule has 110 valence electrons. The van der Waals surface area contributed by atoms with E-state index in [1.54, 1.807) is 0 Å². The van der Waals surface area contributed by atoms with Gasteiger partial charge in [0.15, 0.2) is 0 Å². The summed E-state index contributed by atoms with van der Waals surface area (Å²) in [6.07, 6.45) is 6.49. The highest BCUT2D eigenvalue weighted by molar-refractivity contribution is 9.09. The summed E-state index contributed by atoms with van der Waals surface area (Å²) in [4.78, 5) is 11.8. The Morgan fingerprint density at radius 1 is 1.30 bits per heavy atom. The van der Waals surface area contributed by atoms with Gasteiger partial charge in [-0.05, 0) is 36.0 Å². The molecule has 1 amide bonds. The summed E-state index contributed by atoms with van der Waals surface area (Å²) in [6, 6.07) is 6.48. The zero-order valence-electron chi connectivity index (χ0n) is 12.4. The van der Waals surface area contributed by atoms with E-state index in [0.717, 1.165) is 12.1 Å². The number of amides is 1. The van der Waals surface area contributed by atoms with Gasteiger partial charge in [0.05, 0.1) is 0 Å². The van der Waals surface area contributed by atoms with E-state index in [1.807, 2.05) is 0 Å². The molecule has 2 atom stereocenters. The summed E-state index contributed by atoms with van der Waals surface area (Å²) >= 11 is 3.90. The lowest BCUT2D eigenvalue weighted by Gasteiger charge is -2.24. The Balaban J connectivity index is 2.13. The van der Waals surface area contributed by atoms with Crippen LogP contribution in [0.1, 0.15) is 61.9 Å². The number of hydrogen-bond donors (Lipinski definition) is 1. The number of hydrogen-bond acceptors (Lipinski definition) is 1. The van der Waals surface area contributed by atoms with E-state index >= 15 is 0 Å². The first-order valence-electron chi connectivity index (χ1n) is 7.72. The number of halogens is 1. The first-order valence-corrected chi connectivity index (χ1v) is 8.64. The van der Waals surface area contributed by atoms with Crippen LogP contribution in [-0.2, 0) is 11.2 Å². The Kier molecular flexibility index (Phi) is 5.64. The number of nitrogens with one attached hydrogen (secondary N) is 1. The average molecular weight is 338 g/mol. The second kappa shape index (κ2) is 7.26. The van der Waals surface area contributed by atoms with E-state index < -0.39 is 0 Å². The first kappa shape index (κ1) is 15.6. The van der Waals surface area contributed by atoms with Gasteiger partial charge in [-0.2, -0.15) is 0 Å². The molecule has 0 bridgehead atoms. The van der Waals surface area contributed by atoms with Gasteiger partial charge in [-0.3, -0.25) is 4.79 Å². The van der Waals surface area contributed by atoms with Crippen LogP contribution in [0.4, 0.5) is 5.69 Å². The normalized spacial score (nSPS) is 17.2. The molecule has 0 aromatic heterocycles. The van der Waals surface area contributed by atoms with Gasteiger partial charge >= 0.3 is 0 Å². The molecule has 0 radical (unpaired) electrons. The lowest BCUT2D eigenvalue weighted by atomic mass is 9.90. The summed E-state index contributed by atoms with van der Waals surface area (Å²) in [5.74, 6) is 0.821. The fraction of sp³-hybridized carbons (Fsp3) is 0.588. The van der Waals surface area contributed by atoms with Crippen LogP contribution in [0.5, 0.6) is 0 Å². The molecule has 1 heterocycles. The van der Waals surface area contributed by atoms with Crippen molar-refractivity contribution in [3.8, 4) is 0 Å². The standard InChI is InChI=1S/C17H24BrNO/c1-3-5-6-12(4-2)17(18)14-7-9-15-13(11-14)8-10-16(20)19-15/h7,9,11-12,17H,3-6,8,10H2,1-2H3,(H,19,20). The van der Waals surface area contributed by atoms with Crippen molar-refractivity contribution >= 4 is 27.5 Å². The van der Waals surface area contributed by atoms with E-state index in [0.29, 0.717) is 17.2 Å². The molecule has 1 aliphatic heterocycles. The van der Waals surface area contributed by atoms with Crippen LogP contribution in [0.2, 0.25) is 0 Å². The first-order chi connectivity index (χ1) is 9.65. The predicted octanol–water partition coefficient (Wildman–Crippen LogP) is 5.22. The number of aryl methyl sites for hydroxylation is 1. The number of carbonyl (C=O) groups is 1. The zero-order chi connectivity index (χ0) is 14.5. The molecule has 20 heavy (non-hydrogen) atoms. The van der Waals surface area contributed by atoms with Gasteiger partial charge in [0.25, 0.3) is 0 Å². The van der Waals surface area contributed by atoms with E-state index in [2.05, 4.69) is 53.3 Å². The lowest BCUT2D eigenvalue weighted by molar-refractivity contribution is -0.116. The van der Waals surface area contributed by atoms with Crippen molar-refractivity contribution in [2.24, 2.45) is 5.92 Å². The fourth-order valence-electron chi connectivity index (χ4n) is 2.87. The van der Waals surface area contributed by atoms with Crippen molar-refractivity contribution in [2.75, 3.05) is 5.32 Å². The van der Waals surface area contributed by atoms with E-state index in [-0.39, 0.29) is 5.91 Å². The Labute approximate surface area is 130 Å². The number of fused-ring (bicyclic) bond motifs is 1. The fourth-order valence-corrected chi connectivity index (χ4v) is 3.79. The lowest BCUT2D eigenvalue weighted by Crippen LogP contribution is -2.19. The molecule has 0 aliphatic carbocycles. The van der Waals surface area contributed by atoms with Gasteiger partial charge in [-0.15, -0.1) is 0 Å². The molecule has 3 heteroatoms. The van der Waals surface area contributed by atoms with Crippen LogP contribution in [0.3, 0.4) is 0 Å². The summed E-state index contributed by atoms with van der Waals surface area (Å²) in [5.41, 5.74) is 3.62. The highest BCUT2D eigenvalue weighted by atomic mass is 79.9. The number of anilines is 1. The van der Waals surface area contributed by atoms with Gasteiger partial charge in [0, 0.05) is 16.9 Å². The third-order valence-corrected chi connectivity index (χ3v) is 5.49. The highest BCUT2D eigenvalue weighted by Gasteiger charge is 2.21. The SMILES string of the molecule is CCCCC(CC)C(Br)c1ccc2c(c1)CCC(=O)N2. The highest BCUT2D eigenvalue weighted by Crippen LogP contribution is 2.38. The molecule has 2 rings (SSSR count). The maximum absolute atomic E-state index is 11.4. The largest absolute Gasteiger partial charge is 0.326 e. The monoisotopic (exact) mass is 337 g/mol. The minimum absolute atomic E-state index is 0.134. The van der Waals surface area contributed by atoms with Crippen molar-refractivity contribution in [3.05, 3.63) is 29.3 Å². The van der Waals surface area contributed by atoms with Crippen LogP contribution in [-0.4, -0.2) is 5.91 Å². The average Bonchev–Trinajstić information content (AvgIpc) is 2.47. The van der Waals surface area contributed by atoms with Crippen molar-refractivity contribution < 1.29 is 4.79 Å². The molecule has 0 spiro atoms. The van der Waals surface area contributed by atoms with Crippen LogP contribution in [0.25, 0.3) is 0 Å². The van der Waals surface area contributed by atoms with Crippen LogP contribution >= 0.6 is 15.9 Å². The van der Waals surface area contributed by atoms with Gasteiger partial charge in [-0.1, -0.05) is 61.2 Å². The molecule has 1 N–H and O–H groups in total. The Morgan fingerprint density at radius 2 is 2.10 bits per heavy atom. The number of alkyl halides is 1. The molecule has 2 nitrogen and oxygen atoms in total. The van der Waals surface area contributed by atoms with E-state index in [4.69, 9.17) is 0 Å². The topological polar surface area (TPSA) is 29.1 Å². The molecule has 0 saturated heterocycles. The molecular formula is C17H24BrNO. The quantitative estimate of drug-likeness (QED) is 0.708. The van der Waals surface area contributed by atoms with Gasteiger partial charge in [-0.25, -0.2) is 0 Å². The Bertz CT molecular complexity index is 472.